The summed E-state index contributed by atoms with van der Waals surface area (Å²) in [6.07, 6.45) is 18.0. The molecule has 246 valence electrons. The van der Waals surface area contributed by atoms with E-state index in [1.165, 1.54) is 89.9 Å². The first kappa shape index (κ1) is 45.6. The number of rotatable bonds is 30. The lowest BCUT2D eigenvalue weighted by molar-refractivity contribution is -0.00100. The lowest BCUT2D eigenvalue weighted by atomic mass is 10.3. The molecule has 0 spiro atoms. The molecule has 40 heavy (non-hydrogen) atoms. The maximum Gasteiger partial charge on any atom is 0.337 e. The zero-order chi connectivity index (χ0) is 28.4. The third-order valence-corrected chi connectivity index (χ3v) is 14.7. The van der Waals surface area contributed by atoms with Gasteiger partial charge in [0.15, 0.2) is 6.29 Å². The summed E-state index contributed by atoms with van der Waals surface area (Å²) in [6, 6.07) is 0. The van der Waals surface area contributed by atoms with Gasteiger partial charge in [0.2, 0.25) is 0 Å². The van der Waals surface area contributed by atoms with Crippen LogP contribution >= 0.6 is 15.6 Å². The normalized spacial score (nSPS) is 12.0. The van der Waals surface area contributed by atoms with Gasteiger partial charge in [-0.3, -0.25) is 5.32 Å². The molecule has 0 aliphatic carbocycles. The summed E-state index contributed by atoms with van der Waals surface area (Å²) in [7, 11) is -3.95. The summed E-state index contributed by atoms with van der Waals surface area (Å²) in [4.78, 5) is 0. The second-order valence-corrected chi connectivity index (χ2v) is 16.7. The number of halogens is 2. The second kappa shape index (κ2) is 31.6. The third kappa shape index (κ3) is 19.4. The van der Waals surface area contributed by atoms with Crippen LogP contribution in [0.4, 0.5) is 0 Å². The summed E-state index contributed by atoms with van der Waals surface area (Å²) in [5.41, 5.74) is 0. The van der Waals surface area contributed by atoms with Crippen LogP contribution < -0.4 is 55.6 Å². The van der Waals surface area contributed by atoms with E-state index in [0.29, 0.717) is 0 Å². The molecule has 11 heteroatoms. The van der Waals surface area contributed by atoms with Crippen molar-refractivity contribution < 1.29 is 24.8 Å². The lowest BCUT2D eigenvalue weighted by Gasteiger charge is -2.42. The van der Waals surface area contributed by atoms with Gasteiger partial charge in [0.05, 0.1) is 6.54 Å². The molecule has 0 atom stereocenters. The van der Waals surface area contributed by atoms with Gasteiger partial charge in [0.1, 0.15) is 0 Å². The standard InChI is InChI=1S/C29H71N7P2.2ClH/c1-8-15-22-30-29-37(31-23-16-9-2,32-24-17-10-3)36(28-21-14-7)38(33-25-18-11-4,34-26-19-12-5)35-27-20-13-6;;/h30-35H,8-29H2,1-7H3;2*1H/q+2;;/p-2. The van der Waals surface area contributed by atoms with E-state index in [-0.39, 0.29) is 24.8 Å². The summed E-state index contributed by atoms with van der Waals surface area (Å²) >= 11 is 0. The molecule has 0 amide bonds. The zero-order valence-corrected chi connectivity index (χ0v) is 31.0. The van der Waals surface area contributed by atoms with Crippen molar-refractivity contribution in [1.82, 2.24) is 35.2 Å². The van der Waals surface area contributed by atoms with Crippen LogP contribution in [-0.2, 0) is 0 Å². The highest BCUT2D eigenvalue weighted by Crippen LogP contribution is 2.69. The zero-order valence-electron chi connectivity index (χ0n) is 27.7. The molecule has 0 aliphatic rings. The molecule has 0 saturated carbocycles. The molecule has 0 aliphatic heterocycles. The third-order valence-electron chi connectivity index (χ3n) is 6.92. The van der Waals surface area contributed by atoms with E-state index in [1.807, 2.05) is 0 Å². The fraction of sp³-hybridized carbons (Fsp3) is 1.00. The quantitative estimate of drug-likeness (QED) is 0.0524. The second-order valence-electron chi connectivity index (χ2n) is 10.7. The van der Waals surface area contributed by atoms with E-state index < -0.39 is 15.6 Å². The van der Waals surface area contributed by atoms with Crippen LogP contribution in [0.5, 0.6) is 0 Å². The van der Waals surface area contributed by atoms with Gasteiger partial charge in [-0.2, -0.15) is 10.2 Å². The molecule has 0 aromatic heterocycles. The van der Waals surface area contributed by atoms with Crippen LogP contribution in [0.3, 0.4) is 0 Å². The van der Waals surface area contributed by atoms with Gasteiger partial charge in [-0.15, -0.1) is 15.3 Å². The molecule has 0 aromatic rings. The van der Waals surface area contributed by atoms with Crippen LogP contribution in [0, 0.1) is 0 Å². The Hall–Kier alpha value is 1.16. The van der Waals surface area contributed by atoms with Crippen LogP contribution in [-0.4, -0.2) is 56.5 Å². The van der Waals surface area contributed by atoms with Gasteiger partial charge in [0.25, 0.3) is 7.71 Å². The molecule has 0 heterocycles. The number of nitrogens with zero attached hydrogens (tertiary/aromatic N) is 1. The van der Waals surface area contributed by atoms with Crippen molar-refractivity contribution in [2.45, 2.75) is 138 Å². The first-order valence-electron chi connectivity index (χ1n) is 16.6. The minimum atomic E-state index is -2.03. The summed E-state index contributed by atoms with van der Waals surface area (Å²) in [5.74, 6) is 0. The van der Waals surface area contributed by atoms with Gasteiger partial charge in [0, 0.05) is 37.2 Å². The van der Waals surface area contributed by atoms with E-state index >= 15 is 0 Å². The van der Waals surface area contributed by atoms with E-state index in [4.69, 9.17) is 0 Å². The molecule has 0 aromatic carbocycles. The van der Waals surface area contributed by atoms with E-state index in [1.54, 1.807) is 0 Å². The Kier molecular flexibility index (Phi) is 36.0. The van der Waals surface area contributed by atoms with E-state index in [2.05, 4.69) is 83.7 Å². The van der Waals surface area contributed by atoms with E-state index in [0.717, 1.165) is 52.1 Å². The molecule has 0 radical (unpaired) electrons. The molecule has 0 rings (SSSR count). The van der Waals surface area contributed by atoms with Crippen molar-refractivity contribution in [2.24, 2.45) is 0 Å². The monoisotopic (exact) mass is 649 g/mol. The van der Waals surface area contributed by atoms with Crippen molar-refractivity contribution in [1.29, 1.82) is 0 Å². The highest BCUT2D eigenvalue weighted by Gasteiger charge is 2.62. The van der Waals surface area contributed by atoms with Gasteiger partial charge >= 0.3 is 7.87 Å². The molecule has 0 fully saturated rings. The minimum Gasteiger partial charge on any atom is -1.00 e. The average molecular weight is 651 g/mol. The summed E-state index contributed by atoms with van der Waals surface area (Å²) in [6.45, 7) is 23.7. The smallest absolute Gasteiger partial charge is 0.337 e. The van der Waals surface area contributed by atoms with Crippen LogP contribution in [0.1, 0.15) is 138 Å². The Morgan fingerprint density at radius 2 is 0.750 bits per heavy atom. The molecule has 7 nitrogen and oxygen atoms in total. The molecular weight excluding hydrogens is 579 g/mol. The molecule has 6 N–H and O–H groups in total. The predicted molar refractivity (Wildman–Crippen MR) is 178 cm³/mol. The fourth-order valence-corrected chi connectivity index (χ4v) is 12.9. The lowest BCUT2D eigenvalue weighted by Crippen LogP contribution is -3.00. The topological polar surface area (TPSA) is 75.4 Å². The number of hydrogen-bond acceptors (Lipinski definition) is 7. The Labute approximate surface area is 265 Å². The number of unbranched alkanes of at least 4 members (excludes halogenated alkanes) is 7. The van der Waals surface area contributed by atoms with E-state index in [9.17, 15) is 0 Å². The Morgan fingerprint density at radius 1 is 0.425 bits per heavy atom. The Morgan fingerprint density at radius 3 is 1.10 bits per heavy atom. The summed E-state index contributed by atoms with van der Waals surface area (Å²) in [5, 5.41) is 24.9. The highest BCUT2D eigenvalue weighted by molar-refractivity contribution is 7.83. The first-order chi connectivity index (χ1) is 18.6. The van der Waals surface area contributed by atoms with Gasteiger partial charge in [-0.1, -0.05) is 93.4 Å². The largest absolute Gasteiger partial charge is 1.00 e. The number of hydrogen-bond donors (Lipinski definition) is 6. The van der Waals surface area contributed by atoms with Crippen LogP contribution in [0.2, 0.25) is 0 Å². The first-order valence-corrected chi connectivity index (χ1v) is 20.2. The molecule has 0 bridgehead atoms. The van der Waals surface area contributed by atoms with Crippen molar-refractivity contribution in [2.75, 3.05) is 52.1 Å². The van der Waals surface area contributed by atoms with Crippen molar-refractivity contribution in [3.63, 3.8) is 0 Å². The average Bonchev–Trinajstić information content (AvgIpc) is 2.92. The SMILES string of the molecule is CCCCNC[P+](NCCCC)(NCCCC)N(CCCC)[P+](NCCCC)(NCCCC)NCCCC.[Cl-].[Cl-]. The molecule has 0 saturated heterocycles. The maximum absolute atomic E-state index is 4.23. The highest BCUT2D eigenvalue weighted by atomic mass is 35.5. The fourth-order valence-electron chi connectivity index (χ4n) is 4.35. The predicted octanol–water partition coefficient (Wildman–Crippen LogP) is 1.83. The van der Waals surface area contributed by atoms with Crippen molar-refractivity contribution >= 4 is 15.6 Å². The van der Waals surface area contributed by atoms with Gasteiger partial charge in [-0.25, -0.2) is 0 Å². The van der Waals surface area contributed by atoms with Crippen LogP contribution in [0.15, 0.2) is 0 Å². The number of nitrogens with one attached hydrogen (secondary N) is 6. The maximum atomic E-state index is 4.23. The Balaban J connectivity index is -0.00000684. The van der Waals surface area contributed by atoms with Gasteiger partial charge < -0.3 is 24.8 Å². The van der Waals surface area contributed by atoms with Crippen molar-refractivity contribution in [3.05, 3.63) is 0 Å². The minimum absolute atomic E-state index is 0. The molecular formula is C29H71Cl2N7P2. The van der Waals surface area contributed by atoms with Crippen molar-refractivity contribution in [3.8, 4) is 0 Å². The van der Waals surface area contributed by atoms with Gasteiger partial charge in [-0.05, 0) is 51.5 Å². The summed E-state index contributed by atoms with van der Waals surface area (Å²) < 4.78 is 2.93. The molecule has 0 unspecified atom stereocenters. The Bertz CT molecular complexity index is 474. The van der Waals surface area contributed by atoms with Crippen LogP contribution in [0.25, 0.3) is 0 Å².